The highest BCUT2D eigenvalue weighted by Gasteiger charge is 2.44. The highest BCUT2D eigenvalue weighted by Crippen LogP contribution is 2.37. The van der Waals surface area contributed by atoms with Crippen molar-refractivity contribution in [3.63, 3.8) is 0 Å². The minimum absolute atomic E-state index is 0.0959. The van der Waals surface area contributed by atoms with Crippen LogP contribution in [-0.4, -0.2) is 45.2 Å². The normalized spacial score (nSPS) is 28.6. The second-order valence-electron chi connectivity index (χ2n) is 6.51. The summed E-state index contributed by atoms with van der Waals surface area (Å²) in [5.74, 6) is 0.752. The maximum atomic E-state index is 12.1. The van der Waals surface area contributed by atoms with E-state index in [1.54, 1.807) is 10.9 Å². The molecular weight excluding hydrogens is 282 g/mol. The van der Waals surface area contributed by atoms with Crippen LogP contribution in [0.3, 0.4) is 0 Å². The average Bonchev–Trinajstić information content (AvgIpc) is 2.82. The molecule has 0 aromatic carbocycles. The molecule has 120 valence electrons. The molecule has 2 N–H and O–H groups in total. The number of aromatic nitrogens is 2. The van der Waals surface area contributed by atoms with E-state index in [0.717, 1.165) is 12.0 Å². The number of hydrogen-bond donors (Lipinski definition) is 2. The molecule has 2 heterocycles. The summed E-state index contributed by atoms with van der Waals surface area (Å²) in [5, 5.41) is 9.89. The van der Waals surface area contributed by atoms with E-state index < -0.39 is 0 Å². The number of hydrogen-bond acceptors (Lipinski definition) is 3. The summed E-state index contributed by atoms with van der Waals surface area (Å²) in [5.41, 5.74) is 0.952. The first-order valence-corrected chi connectivity index (χ1v) is 7.79. The Morgan fingerprint density at radius 3 is 2.82 bits per heavy atom. The summed E-state index contributed by atoms with van der Waals surface area (Å²) in [4.78, 5) is 26.0. The zero-order valence-electron chi connectivity index (χ0n) is 13.2. The Labute approximate surface area is 130 Å². The molecule has 0 unspecified atom stereocenters. The first kappa shape index (κ1) is 14.9. The van der Waals surface area contributed by atoms with Gasteiger partial charge >= 0.3 is 6.03 Å². The second kappa shape index (κ2) is 5.62. The highest BCUT2D eigenvalue weighted by atomic mass is 16.2. The molecular formula is C15H23N5O2. The third-order valence-electron chi connectivity index (χ3n) is 4.53. The van der Waals surface area contributed by atoms with Crippen LogP contribution in [0.1, 0.15) is 38.3 Å². The van der Waals surface area contributed by atoms with E-state index in [0.29, 0.717) is 24.9 Å². The molecule has 7 heteroatoms. The SMILES string of the molecule is C[C@H](NC(=O)N[C@@H]1CC(=O)N([C@@H]2C[C@H]2C)C1)c1cnn(C)c1. The van der Waals surface area contributed by atoms with Crippen molar-refractivity contribution in [1.82, 2.24) is 25.3 Å². The molecule has 0 spiro atoms. The van der Waals surface area contributed by atoms with E-state index in [4.69, 9.17) is 0 Å². The number of carbonyl (C=O) groups is 2. The van der Waals surface area contributed by atoms with Gasteiger partial charge in [0.2, 0.25) is 5.91 Å². The number of amides is 3. The molecule has 1 aliphatic carbocycles. The van der Waals surface area contributed by atoms with Crippen LogP contribution in [0.15, 0.2) is 12.4 Å². The molecule has 0 bridgehead atoms. The van der Waals surface area contributed by atoms with Crippen LogP contribution in [-0.2, 0) is 11.8 Å². The van der Waals surface area contributed by atoms with Gasteiger partial charge in [-0.2, -0.15) is 5.10 Å². The van der Waals surface area contributed by atoms with Crippen LogP contribution in [0.4, 0.5) is 4.79 Å². The zero-order valence-corrected chi connectivity index (χ0v) is 13.2. The molecule has 1 aromatic heterocycles. The number of urea groups is 1. The molecule has 2 aliphatic rings. The van der Waals surface area contributed by atoms with Crippen LogP contribution < -0.4 is 10.6 Å². The maximum Gasteiger partial charge on any atom is 0.315 e. The van der Waals surface area contributed by atoms with Gasteiger partial charge in [0.1, 0.15) is 0 Å². The van der Waals surface area contributed by atoms with Gasteiger partial charge in [-0.15, -0.1) is 0 Å². The summed E-state index contributed by atoms with van der Waals surface area (Å²) in [6.45, 7) is 4.69. The van der Waals surface area contributed by atoms with E-state index in [9.17, 15) is 9.59 Å². The molecule has 22 heavy (non-hydrogen) atoms. The lowest BCUT2D eigenvalue weighted by Crippen LogP contribution is -2.44. The summed E-state index contributed by atoms with van der Waals surface area (Å²) < 4.78 is 1.70. The Bertz CT molecular complexity index is 584. The first-order valence-electron chi connectivity index (χ1n) is 7.79. The molecule has 1 aliphatic heterocycles. The van der Waals surface area contributed by atoms with Crippen molar-refractivity contribution in [2.45, 2.75) is 44.8 Å². The van der Waals surface area contributed by atoms with Gasteiger partial charge < -0.3 is 15.5 Å². The lowest BCUT2D eigenvalue weighted by Gasteiger charge is -2.18. The fraction of sp³-hybridized carbons (Fsp3) is 0.667. The number of rotatable bonds is 4. The van der Waals surface area contributed by atoms with Gasteiger partial charge in [-0.05, 0) is 19.3 Å². The maximum absolute atomic E-state index is 12.1. The van der Waals surface area contributed by atoms with E-state index in [1.165, 1.54) is 0 Å². The Hall–Kier alpha value is -2.05. The molecule has 0 radical (unpaired) electrons. The first-order chi connectivity index (χ1) is 10.4. The zero-order chi connectivity index (χ0) is 15.9. The molecule has 3 rings (SSSR count). The largest absolute Gasteiger partial charge is 0.337 e. The van der Waals surface area contributed by atoms with E-state index in [2.05, 4.69) is 22.7 Å². The second-order valence-corrected chi connectivity index (χ2v) is 6.51. The predicted octanol–water partition coefficient (Wildman–Crippen LogP) is 0.790. The third-order valence-corrected chi connectivity index (χ3v) is 4.53. The minimum Gasteiger partial charge on any atom is -0.337 e. The van der Waals surface area contributed by atoms with Gasteiger partial charge in [0.15, 0.2) is 0 Å². The number of nitrogens with zero attached hydrogens (tertiary/aromatic N) is 3. The van der Waals surface area contributed by atoms with Crippen molar-refractivity contribution in [2.24, 2.45) is 13.0 Å². The van der Waals surface area contributed by atoms with Crippen molar-refractivity contribution in [3.8, 4) is 0 Å². The van der Waals surface area contributed by atoms with Crippen molar-refractivity contribution in [1.29, 1.82) is 0 Å². The van der Waals surface area contributed by atoms with Gasteiger partial charge in [-0.1, -0.05) is 6.92 Å². The summed E-state index contributed by atoms with van der Waals surface area (Å²) in [6, 6.07) is -0.0664. The standard InChI is InChI=1S/C15H23N5O2/c1-9-4-13(9)20-8-12(5-14(20)21)18-15(22)17-10(2)11-6-16-19(3)7-11/h6-7,9-10,12-13H,4-5,8H2,1-3H3,(H2,17,18,22)/t9-,10+,12-,13-/m1/s1. The Balaban J connectivity index is 1.49. The number of aryl methyl sites for hydroxylation is 1. The highest BCUT2D eigenvalue weighted by molar-refractivity contribution is 5.82. The minimum atomic E-state index is -0.236. The monoisotopic (exact) mass is 305 g/mol. The lowest BCUT2D eigenvalue weighted by molar-refractivity contribution is -0.128. The molecule has 1 saturated carbocycles. The molecule has 7 nitrogen and oxygen atoms in total. The van der Waals surface area contributed by atoms with E-state index >= 15 is 0 Å². The summed E-state index contributed by atoms with van der Waals surface area (Å²) in [6.07, 6.45) is 5.10. The molecule has 3 amide bonds. The van der Waals surface area contributed by atoms with Crippen molar-refractivity contribution in [3.05, 3.63) is 18.0 Å². The number of carbonyl (C=O) groups excluding carboxylic acids is 2. The van der Waals surface area contributed by atoms with Crippen LogP contribution in [0, 0.1) is 5.92 Å². The fourth-order valence-electron chi connectivity index (χ4n) is 3.06. The Morgan fingerprint density at radius 2 is 2.23 bits per heavy atom. The fourth-order valence-corrected chi connectivity index (χ4v) is 3.06. The smallest absolute Gasteiger partial charge is 0.315 e. The molecule has 2 fully saturated rings. The van der Waals surface area contributed by atoms with Gasteiger partial charge in [0, 0.05) is 37.8 Å². The molecule has 1 saturated heterocycles. The summed E-state index contributed by atoms with van der Waals surface area (Å²) >= 11 is 0. The van der Waals surface area contributed by atoms with Crippen LogP contribution in [0.25, 0.3) is 0 Å². The van der Waals surface area contributed by atoms with Crippen LogP contribution in [0.2, 0.25) is 0 Å². The average molecular weight is 305 g/mol. The quantitative estimate of drug-likeness (QED) is 0.863. The van der Waals surface area contributed by atoms with Crippen molar-refractivity contribution >= 4 is 11.9 Å². The van der Waals surface area contributed by atoms with Crippen molar-refractivity contribution in [2.75, 3.05) is 6.54 Å². The Morgan fingerprint density at radius 1 is 1.50 bits per heavy atom. The van der Waals surface area contributed by atoms with Crippen molar-refractivity contribution < 1.29 is 9.59 Å². The van der Waals surface area contributed by atoms with Gasteiger partial charge in [0.25, 0.3) is 0 Å². The number of likely N-dealkylation sites (tertiary alicyclic amines) is 1. The van der Waals surface area contributed by atoms with Gasteiger partial charge in [0.05, 0.1) is 18.3 Å². The summed E-state index contributed by atoms with van der Waals surface area (Å²) in [7, 11) is 1.84. The molecule has 1 aromatic rings. The Kier molecular flexibility index (Phi) is 3.80. The van der Waals surface area contributed by atoms with Crippen LogP contribution in [0.5, 0.6) is 0 Å². The topological polar surface area (TPSA) is 79.3 Å². The van der Waals surface area contributed by atoms with Gasteiger partial charge in [-0.25, -0.2) is 4.79 Å². The van der Waals surface area contributed by atoms with Gasteiger partial charge in [-0.3, -0.25) is 9.48 Å². The lowest BCUT2D eigenvalue weighted by atomic mass is 10.2. The predicted molar refractivity (Wildman–Crippen MR) is 81.0 cm³/mol. The molecule has 4 atom stereocenters. The van der Waals surface area contributed by atoms with Crippen LogP contribution >= 0.6 is 0 Å². The van der Waals surface area contributed by atoms with E-state index in [-0.39, 0.29) is 24.0 Å². The van der Waals surface area contributed by atoms with E-state index in [1.807, 2.05) is 25.1 Å². The third kappa shape index (κ3) is 3.08. The number of nitrogens with one attached hydrogen (secondary N) is 2.